The molecule has 23 heavy (non-hydrogen) atoms. The molecule has 0 fully saturated rings. The lowest BCUT2D eigenvalue weighted by Gasteiger charge is -2.16. The molecule has 1 aromatic carbocycles. The number of carbonyl (C=O) groups is 2. The topological polar surface area (TPSA) is 61.8 Å². The fourth-order valence-electron chi connectivity index (χ4n) is 2.06. The lowest BCUT2D eigenvalue weighted by Crippen LogP contribution is -2.12. The largest absolute Gasteiger partial charge is 0.491 e. The quantitative estimate of drug-likeness (QED) is 0.511. The van der Waals surface area contributed by atoms with Crippen LogP contribution in [0.25, 0.3) is 0 Å². The van der Waals surface area contributed by atoms with E-state index in [-0.39, 0.29) is 36.8 Å². The highest BCUT2D eigenvalue weighted by Crippen LogP contribution is 2.27. The molecule has 5 heteroatoms. The van der Waals surface area contributed by atoms with Gasteiger partial charge in [0.2, 0.25) is 0 Å². The van der Waals surface area contributed by atoms with Gasteiger partial charge >= 0.3 is 5.97 Å². The molecule has 0 bridgehead atoms. The number of hydrogen-bond donors (Lipinski definition) is 0. The molecule has 0 heterocycles. The summed E-state index contributed by atoms with van der Waals surface area (Å²) in [6.45, 7) is 7.67. The maximum Gasteiger partial charge on any atom is 0.305 e. The minimum Gasteiger partial charge on any atom is -0.491 e. The van der Waals surface area contributed by atoms with Gasteiger partial charge in [0.1, 0.15) is 11.5 Å². The highest BCUT2D eigenvalue weighted by atomic mass is 16.5. The van der Waals surface area contributed by atoms with E-state index in [1.165, 1.54) is 7.11 Å². The Kier molecular flexibility index (Phi) is 7.59. The number of benzene rings is 1. The molecule has 0 aliphatic heterocycles. The van der Waals surface area contributed by atoms with E-state index < -0.39 is 0 Å². The van der Waals surface area contributed by atoms with Crippen molar-refractivity contribution in [3.05, 3.63) is 23.8 Å². The fourth-order valence-corrected chi connectivity index (χ4v) is 2.06. The van der Waals surface area contributed by atoms with Gasteiger partial charge in [0.05, 0.1) is 24.9 Å². The van der Waals surface area contributed by atoms with Crippen LogP contribution in [0.2, 0.25) is 0 Å². The second kappa shape index (κ2) is 9.18. The molecule has 0 radical (unpaired) electrons. The smallest absolute Gasteiger partial charge is 0.305 e. The van der Waals surface area contributed by atoms with E-state index in [9.17, 15) is 9.59 Å². The monoisotopic (exact) mass is 322 g/mol. The highest BCUT2D eigenvalue weighted by molar-refractivity contribution is 5.99. The van der Waals surface area contributed by atoms with Crippen molar-refractivity contribution in [1.29, 1.82) is 0 Å². The molecule has 0 aromatic heterocycles. The van der Waals surface area contributed by atoms with Crippen molar-refractivity contribution in [2.24, 2.45) is 0 Å². The molecule has 0 aliphatic rings. The summed E-state index contributed by atoms with van der Waals surface area (Å²) in [4.78, 5) is 23.6. The number of hydrogen-bond acceptors (Lipinski definition) is 5. The molecular weight excluding hydrogens is 296 g/mol. The molecule has 0 unspecified atom stereocenters. The Bertz CT molecular complexity index is 534. The van der Waals surface area contributed by atoms with Gasteiger partial charge in [-0.15, -0.1) is 0 Å². The van der Waals surface area contributed by atoms with Crippen molar-refractivity contribution < 1.29 is 23.8 Å². The molecule has 0 N–H and O–H groups in total. The highest BCUT2D eigenvalue weighted by Gasteiger charge is 2.16. The van der Waals surface area contributed by atoms with Crippen LogP contribution >= 0.6 is 0 Å². The Morgan fingerprint density at radius 3 is 2.22 bits per heavy atom. The summed E-state index contributed by atoms with van der Waals surface area (Å²) in [6, 6.07) is 5.26. The van der Waals surface area contributed by atoms with E-state index in [4.69, 9.17) is 9.47 Å². The standard InChI is InChI=1S/C18H26O5/c1-12(2)22-14-9-10-17(23-13(3)4)15(11-14)16(19)7-6-8-18(20)21-5/h9-13H,6-8H2,1-5H3. The number of Topliss-reactive ketones (excluding diaryl/α,β-unsaturated/α-hetero) is 1. The van der Waals surface area contributed by atoms with E-state index in [1.54, 1.807) is 18.2 Å². The predicted octanol–water partition coefficient (Wildman–Crippen LogP) is 3.79. The lowest BCUT2D eigenvalue weighted by molar-refractivity contribution is -0.140. The van der Waals surface area contributed by atoms with Crippen molar-refractivity contribution in [3.8, 4) is 11.5 Å². The second-order valence-electron chi connectivity index (χ2n) is 5.84. The van der Waals surface area contributed by atoms with Crippen LogP contribution in [0.3, 0.4) is 0 Å². The van der Waals surface area contributed by atoms with Crippen LogP contribution in [0.1, 0.15) is 57.3 Å². The van der Waals surface area contributed by atoms with Gasteiger partial charge in [-0.1, -0.05) is 0 Å². The maximum absolute atomic E-state index is 12.5. The molecule has 0 saturated heterocycles. The van der Waals surface area contributed by atoms with E-state index in [0.29, 0.717) is 23.5 Å². The Morgan fingerprint density at radius 2 is 1.65 bits per heavy atom. The molecule has 128 valence electrons. The van der Waals surface area contributed by atoms with Gasteiger partial charge in [-0.3, -0.25) is 9.59 Å². The van der Waals surface area contributed by atoms with Gasteiger partial charge in [-0.25, -0.2) is 0 Å². The number of methoxy groups -OCH3 is 1. The molecule has 0 aliphatic carbocycles. The zero-order valence-corrected chi connectivity index (χ0v) is 14.5. The van der Waals surface area contributed by atoms with Crippen LogP contribution in [0, 0.1) is 0 Å². The van der Waals surface area contributed by atoms with Crippen LogP contribution in [-0.4, -0.2) is 31.1 Å². The van der Waals surface area contributed by atoms with Gasteiger partial charge in [-0.2, -0.15) is 0 Å². The number of carbonyl (C=O) groups excluding carboxylic acids is 2. The van der Waals surface area contributed by atoms with Gasteiger partial charge in [0, 0.05) is 12.8 Å². The summed E-state index contributed by atoms with van der Waals surface area (Å²) in [5.74, 6) is 0.790. The average molecular weight is 322 g/mol. The average Bonchev–Trinajstić information content (AvgIpc) is 2.47. The zero-order chi connectivity index (χ0) is 17.4. The Labute approximate surface area is 137 Å². The van der Waals surface area contributed by atoms with E-state index >= 15 is 0 Å². The summed E-state index contributed by atoms with van der Waals surface area (Å²) in [7, 11) is 1.34. The second-order valence-corrected chi connectivity index (χ2v) is 5.84. The summed E-state index contributed by atoms with van der Waals surface area (Å²) in [5, 5.41) is 0. The minimum atomic E-state index is -0.312. The third-order valence-corrected chi connectivity index (χ3v) is 3.00. The first-order valence-corrected chi connectivity index (χ1v) is 7.90. The van der Waals surface area contributed by atoms with Crippen molar-refractivity contribution in [2.45, 2.75) is 59.2 Å². The van der Waals surface area contributed by atoms with Gasteiger partial charge in [0.25, 0.3) is 0 Å². The number of ether oxygens (including phenoxy) is 3. The van der Waals surface area contributed by atoms with Gasteiger partial charge in [-0.05, 0) is 52.3 Å². The summed E-state index contributed by atoms with van der Waals surface area (Å²) in [5.41, 5.74) is 0.488. The van der Waals surface area contributed by atoms with Gasteiger partial charge < -0.3 is 14.2 Å². The van der Waals surface area contributed by atoms with Crippen molar-refractivity contribution in [3.63, 3.8) is 0 Å². The summed E-state index contributed by atoms with van der Waals surface area (Å²) >= 11 is 0. The minimum absolute atomic E-state index is 0.0224. The molecule has 1 aromatic rings. The molecule has 0 atom stereocenters. The molecular formula is C18H26O5. The molecule has 0 saturated carbocycles. The third kappa shape index (κ3) is 6.72. The van der Waals surface area contributed by atoms with E-state index in [2.05, 4.69) is 4.74 Å². The molecule has 5 nitrogen and oxygen atoms in total. The van der Waals surface area contributed by atoms with Crippen LogP contribution < -0.4 is 9.47 Å². The predicted molar refractivity (Wildman–Crippen MR) is 88.2 cm³/mol. The molecule has 0 amide bonds. The van der Waals surface area contributed by atoms with E-state index in [1.807, 2.05) is 27.7 Å². The van der Waals surface area contributed by atoms with Crippen molar-refractivity contribution >= 4 is 11.8 Å². The first-order valence-electron chi connectivity index (χ1n) is 7.90. The number of esters is 1. The summed E-state index contributed by atoms with van der Waals surface area (Å²) in [6.07, 6.45) is 0.920. The fraction of sp³-hybridized carbons (Fsp3) is 0.556. The first-order chi connectivity index (χ1) is 10.8. The Morgan fingerprint density at radius 1 is 1.00 bits per heavy atom. The van der Waals surface area contributed by atoms with Crippen LogP contribution in [0.4, 0.5) is 0 Å². The lowest BCUT2D eigenvalue weighted by atomic mass is 10.0. The first kappa shape index (κ1) is 19.0. The van der Waals surface area contributed by atoms with Gasteiger partial charge in [0.15, 0.2) is 5.78 Å². The van der Waals surface area contributed by atoms with Crippen LogP contribution in [-0.2, 0) is 9.53 Å². The van der Waals surface area contributed by atoms with Crippen molar-refractivity contribution in [1.82, 2.24) is 0 Å². The third-order valence-electron chi connectivity index (χ3n) is 3.00. The number of rotatable bonds is 9. The molecule has 0 spiro atoms. The normalized spacial score (nSPS) is 10.7. The zero-order valence-electron chi connectivity index (χ0n) is 14.5. The van der Waals surface area contributed by atoms with Crippen LogP contribution in [0.15, 0.2) is 18.2 Å². The SMILES string of the molecule is COC(=O)CCCC(=O)c1cc(OC(C)C)ccc1OC(C)C. The summed E-state index contributed by atoms with van der Waals surface area (Å²) < 4.78 is 15.9. The Balaban J connectivity index is 2.89. The van der Waals surface area contributed by atoms with Crippen LogP contribution in [0.5, 0.6) is 11.5 Å². The number of ketones is 1. The van der Waals surface area contributed by atoms with Crippen molar-refractivity contribution in [2.75, 3.05) is 7.11 Å². The Hall–Kier alpha value is -2.04. The van der Waals surface area contributed by atoms with E-state index in [0.717, 1.165) is 0 Å². The molecule has 1 rings (SSSR count). The maximum atomic E-state index is 12.5.